The highest BCUT2D eigenvalue weighted by Gasteiger charge is 2.32. The summed E-state index contributed by atoms with van der Waals surface area (Å²) in [5.74, 6) is 0.645. The molecule has 9 heteroatoms. The smallest absolute Gasteiger partial charge is 0.252 e. The lowest BCUT2D eigenvalue weighted by molar-refractivity contribution is -0.133. The number of pyridine rings is 1. The number of benzene rings is 1. The average molecular weight is 494 g/mol. The normalized spacial score (nSPS) is 21.2. The summed E-state index contributed by atoms with van der Waals surface area (Å²) in [6.45, 7) is 2.46. The lowest BCUT2D eigenvalue weighted by Gasteiger charge is -2.30. The van der Waals surface area contributed by atoms with Gasteiger partial charge in [0.15, 0.2) is 5.96 Å². The van der Waals surface area contributed by atoms with Gasteiger partial charge in [-0.05, 0) is 50.2 Å². The van der Waals surface area contributed by atoms with E-state index >= 15 is 0 Å². The predicted octanol–water partition coefficient (Wildman–Crippen LogP) is 2.16. The van der Waals surface area contributed by atoms with Gasteiger partial charge in [0.25, 0.3) is 5.91 Å². The molecule has 194 valence electrons. The topological polar surface area (TPSA) is 139 Å². The van der Waals surface area contributed by atoms with Crippen LogP contribution in [-0.4, -0.2) is 65.9 Å². The summed E-state index contributed by atoms with van der Waals surface area (Å²) in [5, 5.41) is 7.51. The van der Waals surface area contributed by atoms with Crippen LogP contribution in [0.25, 0.3) is 10.9 Å². The molecule has 6 N–H and O–H groups in total. The van der Waals surface area contributed by atoms with Crippen molar-refractivity contribution in [1.29, 1.82) is 0 Å². The first-order valence-electron chi connectivity index (χ1n) is 13.2. The average Bonchev–Trinajstić information content (AvgIpc) is 3.04. The number of nitrogens with two attached hydrogens (primary N) is 2. The molecular weight excluding hydrogens is 454 g/mol. The second-order valence-corrected chi connectivity index (χ2v) is 10.1. The Morgan fingerprint density at radius 3 is 2.78 bits per heavy atom. The van der Waals surface area contributed by atoms with Gasteiger partial charge in [-0.15, -0.1) is 0 Å². The first kappa shape index (κ1) is 25.9. The number of carbonyl (C=O) groups excluding carboxylic acids is 2. The summed E-state index contributed by atoms with van der Waals surface area (Å²) in [6.07, 6.45) is 9.97. The Balaban J connectivity index is 1.38. The Kier molecular flexibility index (Phi) is 9.11. The van der Waals surface area contributed by atoms with Crippen molar-refractivity contribution in [2.45, 2.75) is 63.5 Å². The highest BCUT2D eigenvalue weighted by atomic mass is 16.2. The van der Waals surface area contributed by atoms with Crippen LogP contribution in [0, 0.1) is 5.92 Å². The Morgan fingerprint density at radius 2 is 1.97 bits per heavy atom. The molecule has 1 aliphatic carbocycles. The Labute approximate surface area is 213 Å². The summed E-state index contributed by atoms with van der Waals surface area (Å²) in [4.78, 5) is 36.8. The van der Waals surface area contributed by atoms with E-state index in [1.54, 1.807) is 6.20 Å². The Morgan fingerprint density at radius 1 is 1.17 bits per heavy atom. The maximum absolute atomic E-state index is 13.5. The van der Waals surface area contributed by atoms with E-state index in [4.69, 9.17) is 11.5 Å². The van der Waals surface area contributed by atoms with Crippen LogP contribution in [0.1, 0.15) is 61.7 Å². The third kappa shape index (κ3) is 7.16. The molecule has 2 fully saturated rings. The lowest BCUT2D eigenvalue weighted by Crippen LogP contribution is -2.49. The van der Waals surface area contributed by atoms with Gasteiger partial charge in [0, 0.05) is 43.8 Å². The molecule has 4 rings (SSSR count). The maximum Gasteiger partial charge on any atom is 0.252 e. The van der Waals surface area contributed by atoms with Gasteiger partial charge in [0.2, 0.25) is 5.91 Å². The van der Waals surface area contributed by atoms with E-state index in [0.29, 0.717) is 44.0 Å². The Bertz CT molecular complexity index is 1060. The number of amides is 2. The van der Waals surface area contributed by atoms with Gasteiger partial charge in [0.05, 0.1) is 17.1 Å². The van der Waals surface area contributed by atoms with Crippen molar-refractivity contribution in [1.82, 2.24) is 20.5 Å². The molecule has 0 unspecified atom stereocenters. The highest BCUT2D eigenvalue weighted by molar-refractivity contribution is 5.97. The number of hydrogen-bond acceptors (Lipinski definition) is 5. The summed E-state index contributed by atoms with van der Waals surface area (Å²) in [6, 6.07) is 9.29. The van der Waals surface area contributed by atoms with Crippen LogP contribution in [0.4, 0.5) is 0 Å². The van der Waals surface area contributed by atoms with Crippen molar-refractivity contribution in [2.75, 3.05) is 26.2 Å². The minimum atomic E-state index is -0.311. The molecule has 2 aromatic rings. The number of nitrogens with zero attached hydrogens (tertiary/aromatic N) is 3. The number of aromatic nitrogens is 1. The third-order valence-electron chi connectivity index (χ3n) is 7.30. The molecule has 1 saturated carbocycles. The van der Waals surface area contributed by atoms with Crippen molar-refractivity contribution < 1.29 is 9.59 Å². The van der Waals surface area contributed by atoms with Crippen LogP contribution in [0.5, 0.6) is 0 Å². The first-order chi connectivity index (χ1) is 17.5. The van der Waals surface area contributed by atoms with E-state index in [1.165, 1.54) is 32.1 Å². The number of guanidine groups is 1. The summed E-state index contributed by atoms with van der Waals surface area (Å²) in [5.41, 5.74) is 12.3. The largest absolute Gasteiger partial charge is 0.370 e. The second-order valence-electron chi connectivity index (χ2n) is 10.1. The summed E-state index contributed by atoms with van der Waals surface area (Å²) in [7, 11) is 0. The zero-order valence-electron chi connectivity index (χ0n) is 21.0. The van der Waals surface area contributed by atoms with Crippen LogP contribution < -0.4 is 22.1 Å². The lowest BCUT2D eigenvalue weighted by atomic mass is 9.89. The fraction of sp³-hybridized carbons (Fsp3) is 0.556. The molecule has 0 bridgehead atoms. The van der Waals surface area contributed by atoms with Crippen molar-refractivity contribution in [3.63, 3.8) is 0 Å². The zero-order valence-corrected chi connectivity index (χ0v) is 21.0. The molecule has 2 aliphatic rings. The first-order valence-corrected chi connectivity index (χ1v) is 13.2. The quantitative estimate of drug-likeness (QED) is 0.240. The van der Waals surface area contributed by atoms with Crippen molar-refractivity contribution in [3.05, 3.63) is 42.1 Å². The predicted molar refractivity (Wildman–Crippen MR) is 142 cm³/mol. The summed E-state index contributed by atoms with van der Waals surface area (Å²) >= 11 is 0. The minimum absolute atomic E-state index is 0.00393. The van der Waals surface area contributed by atoms with Crippen molar-refractivity contribution in [2.24, 2.45) is 22.4 Å². The van der Waals surface area contributed by atoms with E-state index in [-0.39, 0.29) is 29.9 Å². The van der Waals surface area contributed by atoms with Crippen LogP contribution in [-0.2, 0) is 4.79 Å². The van der Waals surface area contributed by atoms with Crippen molar-refractivity contribution in [3.8, 4) is 0 Å². The molecule has 1 saturated heterocycles. The maximum atomic E-state index is 13.5. The number of hydrogen-bond donors (Lipinski definition) is 4. The van der Waals surface area contributed by atoms with Gasteiger partial charge < -0.3 is 27.0 Å². The molecule has 36 heavy (non-hydrogen) atoms. The van der Waals surface area contributed by atoms with Gasteiger partial charge in [0.1, 0.15) is 0 Å². The van der Waals surface area contributed by atoms with Crippen LogP contribution >= 0.6 is 0 Å². The van der Waals surface area contributed by atoms with Crippen LogP contribution in [0.2, 0.25) is 0 Å². The third-order valence-corrected chi connectivity index (χ3v) is 7.30. The fourth-order valence-corrected chi connectivity index (χ4v) is 5.33. The molecule has 2 atom stereocenters. The van der Waals surface area contributed by atoms with Gasteiger partial charge in [-0.2, -0.15) is 0 Å². The molecular formula is C27H39N7O2. The van der Waals surface area contributed by atoms with Crippen LogP contribution in [0.15, 0.2) is 41.5 Å². The van der Waals surface area contributed by atoms with Gasteiger partial charge >= 0.3 is 0 Å². The van der Waals surface area contributed by atoms with E-state index < -0.39 is 0 Å². The molecule has 9 nitrogen and oxygen atoms in total. The van der Waals surface area contributed by atoms with Gasteiger partial charge in [-0.25, -0.2) is 0 Å². The number of nitrogens with one attached hydrogen (secondary N) is 2. The molecule has 0 spiro atoms. The number of rotatable bonds is 9. The molecule has 1 aromatic heterocycles. The molecule has 1 aromatic carbocycles. The molecule has 1 aliphatic heterocycles. The van der Waals surface area contributed by atoms with Crippen LogP contribution in [0.3, 0.4) is 0 Å². The number of fused-ring (bicyclic) bond motifs is 1. The second kappa shape index (κ2) is 12.7. The number of aliphatic imine (C=N–C) groups is 1. The Hall–Kier alpha value is -3.20. The fourth-order valence-electron chi connectivity index (χ4n) is 5.33. The van der Waals surface area contributed by atoms with E-state index in [1.807, 2.05) is 35.2 Å². The van der Waals surface area contributed by atoms with Gasteiger partial charge in [-0.3, -0.25) is 19.6 Å². The highest BCUT2D eigenvalue weighted by Crippen LogP contribution is 2.25. The van der Waals surface area contributed by atoms with E-state index in [2.05, 4.69) is 20.6 Å². The van der Waals surface area contributed by atoms with Gasteiger partial charge in [-0.1, -0.05) is 37.5 Å². The zero-order chi connectivity index (χ0) is 25.3. The molecule has 0 radical (unpaired) electrons. The van der Waals surface area contributed by atoms with E-state index in [0.717, 1.165) is 23.9 Å². The van der Waals surface area contributed by atoms with Crippen molar-refractivity contribution >= 4 is 28.7 Å². The monoisotopic (exact) mass is 493 g/mol. The number of para-hydroxylation sites is 1. The SMILES string of the molecule is NC(N)=NCCC[C@H]1N[C@@H](CNC(=O)c2cnc3ccccc3c2)CCN(CC2CCCCC2)C1=O. The minimum Gasteiger partial charge on any atom is -0.370 e. The van der Waals surface area contributed by atoms with E-state index in [9.17, 15) is 9.59 Å². The molecule has 2 heterocycles. The summed E-state index contributed by atoms with van der Waals surface area (Å²) < 4.78 is 0. The number of carbonyl (C=O) groups is 2. The molecule has 2 amide bonds. The standard InChI is InChI=1S/C27H39N7O2/c28-27(29)30-13-6-11-24-26(36)34(18-19-7-2-1-3-8-19)14-12-22(33-24)17-32-25(35)21-15-20-9-4-5-10-23(20)31-16-21/h4-5,9-10,15-16,19,22,24,33H,1-3,6-8,11-14,17-18H2,(H,32,35)(H4,28,29,30)/t22-,24-/m1/s1.